The van der Waals surface area contributed by atoms with E-state index in [9.17, 15) is 9.59 Å². The standard InChI is InChI=1S/C39H46O10/c1-3-38(40)44-28-11-6-5-9-27-43-36-23-17-34(18-24-36)39(41)49-37-21-13-32(14-22-37)25-30-47-48-31-33-15-19-35(20-16-33)42-26-10-7-8-12-29-46-45-4-2/h2-3,13-24H,1,5-12,25-31H2. The lowest BCUT2D eigenvalue weighted by Gasteiger charge is -2.09. The maximum absolute atomic E-state index is 12.6. The van der Waals surface area contributed by atoms with Gasteiger partial charge in [0, 0.05) is 6.08 Å². The van der Waals surface area contributed by atoms with Gasteiger partial charge in [0.2, 0.25) is 0 Å². The van der Waals surface area contributed by atoms with Crippen LogP contribution in [0.2, 0.25) is 0 Å². The van der Waals surface area contributed by atoms with E-state index in [4.69, 9.17) is 40.0 Å². The number of benzene rings is 3. The molecule has 3 rings (SSSR count). The van der Waals surface area contributed by atoms with Gasteiger partial charge in [-0.15, -0.1) is 0 Å². The molecule has 0 bridgehead atoms. The second-order valence-corrected chi connectivity index (χ2v) is 11.0. The third-order valence-electron chi connectivity index (χ3n) is 7.15. The van der Waals surface area contributed by atoms with E-state index >= 15 is 0 Å². The molecule has 0 aliphatic carbocycles. The van der Waals surface area contributed by atoms with Crippen molar-refractivity contribution < 1.29 is 48.1 Å². The van der Waals surface area contributed by atoms with Crippen molar-refractivity contribution in [3.63, 3.8) is 0 Å². The van der Waals surface area contributed by atoms with Crippen LogP contribution in [0.25, 0.3) is 0 Å². The van der Waals surface area contributed by atoms with Crippen molar-refractivity contribution in [2.75, 3.05) is 33.0 Å². The molecule has 3 aromatic carbocycles. The van der Waals surface area contributed by atoms with Crippen LogP contribution in [0.4, 0.5) is 0 Å². The lowest BCUT2D eigenvalue weighted by Crippen LogP contribution is -2.08. The van der Waals surface area contributed by atoms with Crippen LogP contribution in [0.5, 0.6) is 17.2 Å². The van der Waals surface area contributed by atoms with E-state index in [-0.39, 0.29) is 0 Å². The Morgan fingerprint density at radius 3 is 1.78 bits per heavy atom. The van der Waals surface area contributed by atoms with E-state index in [0.717, 1.165) is 74.3 Å². The van der Waals surface area contributed by atoms with Crippen LogP contribution in [-0.4, -0.2) is 45.0 Å². The minimum Gasteiger partial charge on any atom is -0.494 e. The van der Waals surface area contributed by atoms with E-state index in [2.05, 4.69) is 11.5 Å². The van der Waals surface area contributed by atoms with E-state index in [1.165, 1.54) is 0 Å². The predicted molar refractivity (Wildman–Crippen MR) is 184 cm³/mol. The number of esters is 2. The highest BCUT2D eigenvalue weighted by molar-refractivity contribution is 5.91. The van der Waals surface area contributed by atoms with E-state index in [0.29, 0.717) is 63.1 Å². The van der Waals surface area contributed by atoms with Crippen molar-refractivity contribution in [2.24, 2.45) is 0 Å². The molecule has 0 aromatic heterocycles. The van der Waals surface area contributed by atoms with Gasteiger partial charge in [-0.2, -0.15) is 4.89 Å². The van der Waals surface area contributed by atoms with Gasteiger partial charge in [-0.25, -0.2) is 19.4 Å². The number of ether oxygens (including phenoxy) is 4. The monoisotopic (exact) mass is 674 g/mol. The second-order valence-electron chi connectivity index (χ2n) is 11.0. The lowest BCUT2D eigenvalue weighted by molar-refractivity contribution is -0.303. The van der Waals surface area contributed by atoms with Gasteiger partial charge in [0.15, 0.2) is 6.11 Å². The molecule has 0 radical (unpaired) electrons. The Hall–Kier alpha value is -4.82. The van der Waals surface area contributed by atoms with Crippen molar-refractivity contribution >= 4 is 11.9 Å². The van der Waals surface area contributed by atoms with Crippen LogP contribution < -0.4 is 14.2 Å². The van der Waals surface area contributed by atoms with Gasteiger partial charge < -0.3 is 18.9 Å². The van der Waals surface area contributed by atoms with Gasteiger partial charge in [0.25, 0.3) is 0 Å². The third kappa shape index (κ3) is 17.2. The fourth-order valence-corrected chi connectivity index (χ4v) is 4.45. The minimum absolute atomic E-state index is 0.325. The molecule has 0 heterocycles. The van der Waals surface area contributed by atoms with E-state index in [1.807, 2.05) is 42.5 Å². The maximum atomic E-state index is 12.6. The molecule has 3 aromatic rings. The van der Waals surface area contributed by atoms with Crippen molar-refractivity contribution in [3.05, 3.63) is 102 Å². The summed E-state index contributed by atoms with van der Waals surface area (Å²) < 4.78 is 22.0. The Morgan fingerprint density at radius 1 is 0.612 bits per heavy atom. The molecule has 0 atom stereocenters. The first-order chi connectivity index (χ1) is 24.1. The highest BCUT2D eigenvalue weighted by Gasteiger charge is 2.09. The van der Waals surface area contributed by atoms with Crippen molar-refractivity contribution in [2.45, 2.75) is 64.4 Å². The fraction of sp³-hybridized carbons (Fsp3) is 0.385. The smallest absolute Gasteiger partial charge is 0.343 e. The number of hydrogen-bond donors (Lipinski definition) is 0. The summed E-state index contributed by atoms with van der Waals surface area (Å²) in [5, 5.41) is 0. The molecule has 0 unspecified atom stereocenters. The van der Waals surface area contributed by atoms with Gasteiger partial charge in [-0.05, 0) is 111 Å². The van der Waals surface area contributed by atoms with Gasteiger partial charge in [-0.3, -0.25) is 4.89 Å². The van der Waals surface area contributed by atoms with Crippen LogP contribution in [0.15, 0.2) is 85.5 Å². The molecule has 10 nitrogen and oxygen atoms in total. The Balaban J connectivity index is 1.22. The minimum atomic E-state index is -0.446. The van der Waals surface area contributed by atoms with Gasteiger partial charge in [0.05, 0.1) is 38.6 Å². The summed E-state index contributed by atoms with van der Waals surface area (Å²) in [6.45, 7) is 6.18. The van der Waals surface area contributed by atoms with E-state index < -0.39 is 11.9 Å². The number of carbonyl (C=O) groups is 2. The number of rotatable bonds is 26. The van der Waals surface area contributed by atoms with Crippen LogP contribution >= 0.6 is 0 Å². The Morgan fingerprint density at radius 2 is 1.16 bits per heavy atom. The summed E-state index contributed by atoms with van der Waals surface area (Å²) in [4.78, 5) is 43.5. The molecule has 0 saturated carbocycles. The lowest BCUT2D eigenvalue weighted by atomic mass is 10.1. The zero-order valence-electron chi connectivity index (χ0n) is 28.0. The normalized spacial score (nSPS) is 10.5. The molecule has 0 aliphatic rings. The van der Waals surface area contributed by atoms with Gasteiger partial charge in [-0.1, -0.05) is 43.7 Å². The number of carbonyl (C=O) groups excluding carboxylic acids is 2. The third-order valence-corrected chi connectivity index (χ3v) is 7.15. The molecular weight excluding hydrogens is 628 g/mol. The summed E-state index contributed by atoms with van der Waals surface area (Å²) in [6, 6.07) is 21.9. The van der Waals surface area contributed by atoms with Crippen molar-refractivity contribution in [3.8, 4) is 29.8 Å². The second kappa shape index (κ2) is 24.3. The Bertz CT molecular complexity index is 1400. The molecular formula is C39H46O10. The maximum Gasteiger partial charge on any atom is 0.343 e. The first-order valence-electron chi connectivity index (χ1n) is 16.6. The molecule has 0 amide bonds. The highest BCUT2D eigenvalue weighted by Crippen LogP contribution is 2.18. The van der Waals surface area contributed by atoms with Crippen molar-refractivity contribution in [1.29, 1.82) is 0 Å². The van der Waals surface area contributed by atoms with Crippen LogP contribution in [0.1, 0.15) is 72.9 Å². The molecule has 0 spiro atoms. The van der Waals surface area contributed by atoms with E-state index in [1.54, 1.807) is 36.4 Å². The first-order valence-corrected chi connectivity index (χ1v) is 16.6. The molecule has 0 aliphatic heterocycles. The molecule has 10 heteroatoms. The summed E-state index contributed by atoms with van der Waals surface area (Å²) in [7, 11) is 0. The van der Waals surface area contributed by atoms with Gasteiger partial charge >= 0.3 is 11.9 Å². The number of unbranched alkanes of at least 4 members (excludes halogenated alkanes) is 6. The molecule has 49 heavy (non-hydrogen) atoms. The summed E-state index contributed by atoms with van der Waals surface area (Å²) >= 11 is 0. The molecule has 0 fully saturated rings. The fourth-order valence-electron chi connectivity index (χ4n) is 4.45. The summed E-state index contributed by atoms with van der Waals surface area (Å²) in [5.74, 6) is 1.11. The quantitative estimate of drug-likeness (QED) is 0.0160. The first kappa shape index (κ1) is 38.6. The average molecular weight is 675 g/mol. The summed E-state index contributed by atoms with van der Waals surface area (Å²) in [5.41, 5.74) is 2.43. The number of terminal acetylenes is 1. The topological polar surface area (TPSA) is 108 Å². The summed E-state index contributed by atoms with van der Waals surface area (Å²) in [6.07, 6.45) is 16.2. The highest BCUT2D eigenvalue weighted by atomic mass is 17.2. The zero-order chi connectivity index (χ0) is 34.8. The van der Waals surface area contributed by atoms with Crippen LogP contribution in [0, 0.1) is 12.5 Å². The van der Waals surface area contributed by atoms with Crippen molar-refractivity contribution in [1.82, 2.24) is 0 Å². The Labute approximate surface area is 289 Å². The Kier molecular flexibility index (Phi) is 19.2. The predicted octanol–water partition coefficient (Wildman–Crippen LogP) is 7.74. The molecule has 262 valence electrons. The van der Waals surface area contributed by atoms with Crippen LogP contribution in [-0.2, 0) is 42.1 Å². The average Bonchev–Trinajstić information content (AvgIpc) is 3.13. The number of hydrogen-bond acceptors (Lipinski definition) is 10. The zero-order valence-corrected chi connectivity index (χ0v) is 28.0. The van der Waals surface area contributed by atoms with Gasteiger partial charge in [0.1, 0.15) is 23.9 Å². The van der Waals surface area contributed by atoms with Crippen LogP contribution in [0.3, 0.4) is 0 Å². The molecule has 0 saturated heterocycles. The SMILES string of the molecule is C#COOCCCCCCOc1ccc(COOCCc2ccc(OC(=O)c3ccc(OCCCCCCOC(=O)C=C)cc3)cc2)cc1. The molecule has 0 N–H and O–H groups in total. The largest absolute Gasteiger partial charge is 0.494 e.